The summed E-state index contributed by atoms with van der Waals surface area (Å²) < 4.78 is 9.89. The Kier molecular flexibility index (Phi) is 5.84. The van der Waals surface area contributed by atoms with Crippen LogP contribution >= 0.6 is 0 Å². The van der Waals surface area contributed by atoms with Crippen molar-refractivity contribution >= 4 is 5.97 Å². The van der Waals surface area contributed by atoms with Crippen LogP contribution in [0.3, 0.4) is 0 Å². The third-order valence-electron chi connectivity index (χ3n) is 2.31. The van der Waals surface area contributed by atoms with E-state index in [0.717, 1.165) is 0 Å². The van der Waals surface area contributed by atoms with Gasteiger partial charge in [0.15, 0.2) is 11.5 Å². The van der Waals surface area contributed by atoms with Gasteiger partial charge in [-0.05, 0) is 0 Å². The summed E-state index contributed by atoms with van der Waals surface area (Å²) in [6, 6.07) is 3.44. The summed E-state index contributed by atoms with van der Waals surface area (Å²) in [5.74, 6) is -0.660. The van der Waals surface area contributed by atoms with Crippen molar-refractivity contribution in [3.8, 4) is 6.07 Å². The topological polar surface area (TPSA) is 99.6 Å². The third kappa shape index (κ3) is 4.53. The monoisotopic (exact) mass is 253 g/mol. The van der Waals surface area contributed by atoms with Crippen LogP contribution in [0.4, 0.5) is 0 Å². The van der Waals surface area contributed by atoms with Gasteiger partial charge in [-0.1, -0.05) is 5.16 Å². The maximum absolute atomic E-state index is 10.6. The largest absolute Gasteiger partial charge is 0.476 e. The summed E-state index contributed by atoms with van der Waals surface area (Å²) in [6.07, 6.45) is 0.392. The number of carboxylic acids is 1. The van der Waals surface area contributed by atoms with Crippen LogP contribution in [-0.2, 0) is 11.3 Å². The SMILES string of the molecule is COCCN(CCC#N)Cc1cc(C(=O)O)no1. The molecule has 0 saturated carbocycles. The lowest BCUT2D eigenvalue weighted by molar-refractivity contribution is 0.0685. The predicted octanol–water partition coefficient (Wildman–Crippen LogP) is 0.735. The van der Waals surface area contributed by atoms with Gasteiger partial charge in [0.2, 0.25) is 0 Å². The second kappa shape index (κ2) is 7.42. The Labute approximate surface area is 105 Å². The molecule has 0 atom stereocenters. The molecule has 18 heavy (non-hydrogen) atoms. The van der Waals surface area contributed by atoms with E-state index in [1.807, 2.05) is 4.90 Å². The van der Waals surface area contributed by atoms with Gasteiger partial charge < -0.3 is 14.4 Å². The van der Waals surface area contributed by atoms with Crippen LogP contribution in [0.2, 0.25) is 0 Å². The molecule has 0 aliphatic carbocycles. The highest BCUT2D eigenvalue weighted by Crippen LogP contribution is 2.08. The summed E-state index contributed by atoms with van der Waals surface area (Å²) in [5, 5.41) is 20.7. The summed E-state index contributed by atoms with van der Waals surface area (Å²) in [4.78, 5) is 12.6. The average molecular weight is 253 g/mol. The first kappa shape index (κ1) is 14.2. The minimum atomic E-state index is -1.12. The lowest BCUT2D eigenvalue weighted by atomic mass is 10.3. The normalized spacial score (nSPS) is 10.5. The van der Waals surface area contributed by atoms with Gasteiger partial charge in [0, 0.05) is 32.7 Å². The van der Waals surface area contributed by atoms with Gasteiger partial charge in [-0.25, -0.2) is 4.79 Å². The highest BCUT2D eigenvalue weighted by Gasteiger charge is 2.13. The molecule has 0 fully saturated rings. The zero-order valence-electron chi connectivity index (χ0n) is 10.1. The summed E-state index contributed by atoms with van der Waals surface area (Å²) in [5.41, 5.74) is -0.114. The Morgan fingerprint density at radius 2 is 2.44 bits per heavy atom. The Hall–Kier alpha value is -1.91. The highest BCUT2D eigenvalue weighted by atomic mass is 16.5. The molecular weight excluding hydrogens is 238 g/mol. The molecule has 1 aromatic heterocycles. The molecule has 0 spiro atoms. The van der Waals surface area contributed by atoms with Crippen LogP contribution < -0.4 is 0 Å². The number of rotatable bonds is 8. The molecule has 0 aliphatic heterocycles. The van der Waals surface area contributed by atoms with Crippen molar-refractivity contribution in [3.63, 3.8) is 0 Å². The second-order valence-electron chi connectivity index (χ2n) is 3.66. The molecule has 0 amide bonds. The smallest absolute Gasteiger partial charge is 0.358 e. The van der Waals surface area contributed by atoms with Gasteiger partial charge in [0.25, 0.3) is 0 Å². The van der Waals surface area contributed by atoms with Crippen LogP contribution in [-0.4, -0.2) is 47.9 Å². The van der Waals surface area contributed by atoms with Gasteiger partial charge in [0.05, 0.1) is 19.2 Å². The van der Waals surface area contributed by atoms with E-state index in [4.69, 9.17) is 19.6 Å². The molecule has 0 radical (unpaired) electrons. The van der Waals surface area contributed by atoms with Crippen molar-refractivity contribution in [1.82, 2.24) is 10.1 Å². The van der Waals surface area contributed by atoms with Crippen molar-refractivity contribution in [2.45, 2.75) is 13.0 Å². The van der Waals surface area contributed by atoms with Crippen molar-refractivity contribution in [1.29, 1.82) is 5.26 Å². The number of ether oxygens (including phenoxy) is 1. The zero-order chi connectivity index (χ0) is 13.4. The number of carboxylic acid groups (broad SMARTS) is 1. The van der Waals surface area contributed by atoms with Crippen LogP contribution in [0.15, 0.2) is 10.6 Å². The van der Waals surface area contributed by atoms with Gasteiger partial charge in [-0.2, -0.15) is 5.26 Å². The molecule has 7 nitrogen and oxygen atoms in total. The molecule has 1 N–H and O–H groups in total. The van der Waals surface area contributed by atoms with Crippen LogP contribution in [0.1, 0.15) is 22.7 Å². The van der Waals surface area contributed by atoms with E-state index in [1.54, 1.807) is 7.11 Å². The molecule has 0 aromatic carbocycles. The van der Waals surface area contributed by atoms with E-state index in [2.05, 4.69) is 11.2 Å². The van der Waals surface area contributed by atoms with Gasteiger partial charge in [-0.3, -0.25) is 4.90 Å². The number of aromatic carboxylic acids is 1. The Balaban J connectivity index is 2.57. The molecule has 0 unspecified atom stereocenters. The molecule has 0 aliphatic rings. The quantitative estimate of drug-likeness (QED) is 0.729. The van der Waals surface area contributed by atoms with Crippen LogP contribution in [0, 0.1) is 11.3 Å². The predicted molar refractivity (Wildman–Crippen MR) is 60.8 cm³/mol. The van der Waals surface area contributed by atoms with E-state index in [-0.39, 0.29) is 5.69 Å². The number of carbonyl (C=O) groups is 1. The van der Waals surface area contributed by atoms with Gasteiger partial charge >= 0.3 is 5.97 Å². The van der Waals surface area contributed by atoms with Crippen LogP contribution in [0.25, 0.3) is 0 Å². The fourth-order valence-corrected chi connectivity index (χ4v) is 1.41. The lowest BCUT2D eigenvalue weighted by Crippen LogP contribution is -2.27. The zero-order valence-corrected chi connectivity index (χ0v) is 10.1. The van der Waals surface area contributed by atoms with Crippen molar-refractivity contribution in [3.05, 3.63) is 17.5 Å². The van der Waals surface area contributed by atoms with E-state index in [0.29, 0.717) is 38.4 Å². The summed E-state index contributed by atoms with van der Waals surface area (Å²) in [7, 11) is 1.60. The number of hydrogen-bond donors (Lipinski definition) is 1. The molecule has 1 aromatic rings. The number of nitriles is 1. The molecule has 0 saturated heterocycles. The number of methoxy groups -OCH3 is 1. The van der Waals surface area contributed by atoms with Crippen molar-refractivity contribution < 1.29 is 19.2 Å². The molecule has 7 heteroatoms. The Bertz CT molecular complexity index is 424. The first-order chi connectivity index (χ1) is 8.67. The Morgan fingerprint density at radius 3 is 3.00 bits per heavy atom. The summed E-state index contributed by atoms with van der Waals surface area (Å²) in [6.45, 7) is 2.15. The van der Waals surface area contributed by atoms with Gasteiger partial charge in [-0.15, -0.1) is 0 Å². The first-order valence-corrected chi connectivity index (χ1v) is 5.44. The summed E-state index contributed by atoms with van der Waals surface area (Å²) >= 11 is 0. The van der Waals surface area contributed by atoms with Crippen LogP contribution in [0.5, 0.6) is 0 Å². The second-order valence-corrected chi connectivity index (χ2v) is 3.66. The fraction of sp³-hybridized carbons (Fsp3) is 0.545. The molecule has 98 valence electrons. The maximum atomic E-state index is 10.6. The van der Waals surface area contributed by atoms with Crippen molar-refractivity contribution in [2.24, 2.45) is 0 Å². The van der Waals surface area contributed by atoms with Gasteiger partial charge in [0.1, 0.15) is 0 Å². The molecular formula is C11H15N3O4. The van der Waals surface area contributed by atoms with E-state index < -0.39 is 5.97 Å². The fourth-order valence-electron chi connectivity index (χ4n) is 1.41. The minimum Gasteiger partial charge on any atom is -0.476 e. The standard InChI is InChI=1S/C11H15N3O4/c1-17-6-5-14(4-2-3-12)8-9-7-10(11(15)16)13-18-9/h7H,2,4-6,8H2,1H3,(H,15,16). The molecule has 1 heterocycles. The van der Waals surface area contributed by atoms with E-state index in [9.17, 15) is 4.79 Å². The maximum Gasteiger partial charge on any atom is 0.358 e. The number of nitrogens with zero attached hydrogens (tertiary/aromatic N) is 3. The Morgan fingerprint density at radius 1 is 1.67 bits per heavy atom. The highest BCUT2D eigenvalue weighted by molar-refractivity contribution is 5.85. The molecule has 0 bridgehead atoms. The first-order valence-electron chi connectivity index (χ1n) is 5.44. The average Bonchev–Trinajstić information content (AvgIpc) is 2.81. The number of aromatic nitrogens is 1. The molecule has 1 rings (SSSR count). The third-order valence-corrected chi connectivity index (χ3v) is 2.31. The van der Waals surface area contributed by atoms with Crippen molar-refractivity contribution in [2.75, 3.05) is 26.8 Å². The minimum absolute atomic E-state index is 0.114. The number of hydrogen-bond acceptors (Lipinski definition) is 6. The lowest BCUT2D eigenvalue weighted by Gasteiger charge is -2.18. The van der Waals surface area contributed by atoms with E-state index >= 15 is 0 Å². The van der Waals surface area contributed by atoms with E-state index in [1.165, 1.54) is 6.07 Å².